The Bertz CT molecular complexity index is 643. The maximum absolute atomic E-state index is 11.0. The lowest BCUT2D eigenvalue weighted by atomic mass is 9.99. The third-order valence-electron chi connectivity index (χ3n) is 2.86. The molecule has 0 spiro atoms. The fraction of sp³-hybridized carbons (Fsp3) is 0.0714. The van der Waals surface area contributed by atoms with Crippen LogP contribution in [0.15, 0.2) is 48.5 Å². The quantitative estimate of drug-likeness (QED) is 0.496. The van der Waals surface area contributed by atoms with Crippen molar-refractivity contribution in [2.45, 2.75) is 6.10 Å². The molecule has 20 heavy (non-hydrogen) atoms. The molecule has 2 N–H and O–H groups in total. The standard InChI is InChI=1S/C14H12N2O4/c17-9-15-11-5-3-4-10(8-11)14(18)12-6-1-2-7-13(12)16(19)20/h1-9,14,18H,(H,15,17). The summed E-state index contributed by atoms with van der Waals surface area (Å²) >= 11 is 0. The number of carbonyl (C=O) groups excluding carboxylic acids is 1. The number of hydrogen-bond acceptors (Lipinski definition) is 4. The van der Waals surface area contributed by atoms with Crippen LogP contribution in [0.4, 0.5) is 11.4 Å². The molecule has 0 heterocycles. The first kappa shape index (κ1) is 13.7. The van der Waals surface area contributed by atoms with Gasteiger partial charge in [0.1, 0.15) is 6.10 Å². The fourth-order valence-corrected chi connectivity index (χ4v) is 1.93. The van der Waals surface area contributed by atoms with Crippen LogP contribution in [-0.4, -0.2) is 16.4 Å². The van der Waals surface area contributed by atoms with Crippen molar-refractivity contribution in [3.63, 3.8) is 0 Å². The molecule has 2 rings (SSSR count). The topological polar surface area (TPSA) is 92.5 Å². The molecule has 0 aliphatic rings. The SMILES string of the molecule is O=CNc1cccc(C(O)c2ccccc2[N+](=O)[O-])c1. The van der Waals surface area contributed by atoms with E-state index in [0.29, 0.717) is 17.7 Å². The molecule has 1 atom stereocenters. The van der Waals surface area contributed by atoms with Gasteiger partial charge in [-0.3, -0.25) is 14.9 Å². The summed E-state index contributed by atoms with van der Waals surface area (Å²) in [4.78, 5) is 20.8. The maximum atomic E-state index is 11.0. The summed E-state index contributed by atoms with van der Waals surface area (Å²) in [6.45, 7) is 0. The number of aliphatic hydroxyl groups is 1. The van der Waals surface area contributed by atoms with Crippen LogP contribution in [0.5, 0.6) is 0 Å². The summed E-state index contributed by atoms with van der Waals surface area (Å²) in [5.41, 5.74) is 1.04. The summed E-state index contributed by atoms with van der Waals surface area (Å²) < 4.78 is 0. The summed E-state index contributed by atoms with van der Waals surface area (Å²) in [6, 6.07) is 12.5. The van der Waals surface area contributed by atoms with Gasteiger partial charge in [-0.25, -0.2) is 0 Å². The molecule has 0 bridgehead atoms. The van der Waals surface area contributed by atoms with Gasteiger partial charge in [0.25, 0.3) is 5.69 Å². The van der Waals surface area contributed by atoms with E-state index >= 15 is 0 Å². The van der Waals surface area contributed by atoms with Crippen LogP contribution in [0.3, 0.4) is 0 Å². The molecule has 0 aromatic heterocycles. The van der Waals surface area contributed by atoms with Crippen molar-refractivity contribution in [2.24, 2.45) is 0 Å². The van der Waals surface area contributed by atoms with E-state index in [1.807, 2.05) is 0 Å². The number of benzene rings is 2. The van der Waals surface area contributed by atoms with Crippen LogP contribution in [0.2, 0.25) is 0 Å². The highest BCUT2D eigenvalue weighted by Crippen LogP contribution is 2.30. The van der Waals surface area contributed by atoms with Gasteiger partial charge in [-0.1, -0.05) is 24.3 Å². The van der Waals surface area contributed by atoms with Crippen LogP contribution in [0.1, 0.15) is 17.2 Å². The van der Waals surface area contributed by atoms with E-state index in [9.17, 15) is 20.0 Å². The van der Waals surface area contributed by atoms with Gasteiger partial charge in [-0.05, 0) is 23.8 Å². The van der Waals surface area contributed by atoms with Gasteiger partial charge in [-0.15, -0.1) is 0 Å². The van der Waals surface area contributed by atoms with Crippen molar-refractivity contribution < 1.29 is 14.8 Å². The first-order chi connectivity index (χ1) is 9.63. The summed E-state index contributed by atoms with van der Waals surface area (Å²) in [7, 11) is 0. The van der Waals surface area contributed by atoms with Crippen LogP contribution < -0.4 is 5.32 Å². The van der Waals surface area contributed by atoms with Crippen LogP contribution >= 0.6 is 0 Å². The molecule has 0 aliphatic carbocycles. The molecule has 0 saturated heterocycles. The second-order valence-electron chi connectivity index (χ2n) is 4.11. The Hall–Kier alpha value is -2.73. The zero-order valence-electron chi connectivity index (χ0n) is 10.4. The number of hydrogen-bond donors (Lipinski definition) is 2. The van der Waals surface area contributed by atoms with Crippen molar-refractivity contribution in [2.75, 3.05) is 5.32 Å². The van der Waals surface area contributed by atoms with Crippen LogP contribution in [0.25, 0.3) is 0 Å². The van der Waals surface area contributed by atoms with E-state index < -0.39 is 11.0 Å². The Morgan fingerprint density at radius 1 is 1.20 bits per heavy atom. The van der Waals surface area contributed by atoms with E-state index in [1.54, 1.807) is 36.4 Å². The molecule has 1 amide bonds. The number of nitrogens with zero attached hydrogens (tertiary/aromatic N) is 1. The highest BCUT2D eigenvalue weighted by Gasteiger charge is 2.21. The second-order valence-corrected chi connectivity index (χ2v) is 4.11. The number of aliphatic hydroxyl groups excluding tert-OH is 1. The van der Waals surface area contributed by atoms with Gasteiger partial charge in [0.15, 0.2) is 0 Å². The van der Waals surface area contributed by atoms with Gasteiger partial charge in [0.05, 0.1) is 10.5 Å². The minimum atomic E-state index is -1.13. The third kappa shape index (κ3) is 2.81. The number of para-hydroxylation sites is 1. The zero-order chi connectivity index (χ0) is 14.5. The highest BCUT2D eigenvalue weighted by molar-refractivity contribution is 5.71. The number of rotatable bonds is 5. The summed E-state index contributed by atoms with van der Waals surface area (Å²) in [6.07, 6.45) is -0.610. The molecule has 102 valence electrons. The number of nitrogens with one attached hydrogen (secondary N) is 1. The van der Waals surface area contributed by atoms with Gasteiger partial charge in [-0.2, -0.15) is 0 Å². The van der Waals surface area contributed by atoms with Gasteiger partial charge >= 0.3 is 0 Å². The van der Waals surface area contributed by atoms with Gasteiger partial charge in [0.2, 0.25) is 6.41 Å². The Morgan fingerprint density at radius 2 is 1.95 bits per heavy atom. The lowest BCUT2D eigenvalue weighted by molar-refractivity contribution is -0.386. The molecule has 2 aromatic carbocycles. The van der Waals surface area contributed by atoms with Crippen molar-refractivity contribution in [3.8, 4) is 0 Å². The number of nitro groups is 1. The molecule has 6 nitrogen and oxygen atoms in total. The van der Waals surface area contributed by atoms with Crippen molar-refractivity contribution >= 4 is 17.8 Å². The highest BCUT2D eigenvalue weighted by atomic mass is 16.6. The summed E-state index contributed by atoms with van der Waals surface area (Å²) in [5.74, 6) is 0. The van der Waals surface area contributed by atoms with E-state index in [2.05, 4.69) is 5.32 Å². The lowest BCUT2D eigenvalue weighted by Gasteiger charge is -2.12. The number of nitro benzene ring substituents is 1. The number of carbonyl (C=O) groups is 1. The Kier molecular flexibility index (Phi) is 4.07. The average Bonchev–Trinajstić information content (AvgIpc) is 2.47. The third-order valence-corrected chi connectivity index (χ3v) is 2.86. The van der Waals surface area contributed by atoms with Gasteiger partial charge in [0, 0.05) is 11.8 Å². The monoisotopic (exact) mass is 272 g/mol. The van der Waals surface area contributed by atoms with E-state index in [4.69, 9.17) is 0 Å². The largest absolute Gasteiger partial charge is 0.383 e. The number of amides is 1. The Labute approximate surface area is 114 Å². The maximum Gasteiger partial charge on any atom is 0.275 e. The molecule has 0 fully saturated rings. The smallest absolute Gasteiger partial charge is 0.275 e. The molecule has 0 saturated carbocycles. The lowest BCUT2D eigenvalue weighted by Crippen LogP contribution is -2.04. The second kappa shape index (κ2) is 5.94. The molecule has 1 unspecified atom stereocenters. The van der Waals surface area contributed by atoms with Gasteiger partial charge < -0.3 is 10.4 Å². The molecule has 0 radical (unpaired) electrons. The normalized spacial score (nSPS) is 11.7. The molecule has 6 heteroatoms. The molecule has 0 aliphatic heterocycles. The van der Waals surface area contributed by atoms with Crippen molar-refractivity contribution in [1.29, 1.82) is 0 Å². The molecular formula is C14H12N2O4. The van der Waals surface area contributed by atoms with E-state index in [0.717, 1.165) is 0 Å². The first-order valence-electron chi connectivity index (χ1n) is 5.85. The molecule has 2 aromatic rings. The predicted octanol–water partition coefficient (Wildman–Crippen LogP) is 2.24. The van der Waals surface area contributed by atoms with E-state index in [1.165, 1.54) is 12.1 Å². The van der Waals surface area contributed by atoms with Crippen molar-refractivity contribution in [1.82, 2.24) is 0 Å². The summed E-state index contributed by atoms with van der Waals surface area (Å²) in [5, 5.41) is 23.7. The Balaban J connectivity index is 2.41. The first-order valence-corrected chi connectivity index (χ1v) is 5.85. The number of anilines is 1. The van der Waals surface area contributed by atoms with Crippen LogP contribution in [-0.2, 0) is 4.79 Å². The van der Waals surface area contributed by atoms with E-state index in [-0.39, 0.29) is 11.3 Å². The Morgan fingerprint density at radius 3 is 2.65 bits per heavy atom. The zero-order valence-corrected chi connectivity index (χ0v) is 10.4. The van der Waals surface area contributed by atoms with Crippen LogP contribution in [0, 0.1) is 10.1 Å². The molecular weight excluding hydrogens is 260 g/mol. The van der Waals surface area contributed by atoms with Crippen molar-refractivity contribution in [3.05, 3.63) is 69.8 Å². The predicted molar refractivity (Wildman–Crippen MR) is 73.3 cm³/mol. The minimum absolute atomic E-state index is 0.145. The fourth-order valence-electron chi connectivity index (χ4n) is 1.93. The minimum Gasteiger partial charge on any atom is -0.383 e. The average molecular weight is 272 g/mol.